The number of esters is 1. The molecule has 0 aromatic heterocycles. The van der Waals surface area contributed by atoms with Crippen molar-refractivity contribution in [1.29, 1.82) is 0 Å². The second kappa shape index (κ2) is 12.8. The zero-order valence-electron chi connectivity index (χ0n) is 14.7. The number of methoxy groups -OCH3 is 2. The molecule has 0 saturated carbocycles. The molecule has 7 nitrogen and oxygen atoms in total. The molecule has 1 N–H and O–H groups in total. The van der Waals surface area contributed by atoms with Crippen molar-refractivity contribution in [3.8, 4) is 0 Å². The minimum Gasteiger partial charge on any atom is -0.469 e. The molecule has 0 amide bonds. The molecule has 0 aromatic carbocycles. The third kappa shape index (κ3) is 8.16. The third-order valence-corrected chi connectivity index (χ3v) is 3.99. The van der Waals surface area contributed by atoms with Gasteiger partial charge in [-0.3, -0.25) is 9.79 Å². The number of piperidine rings is 1. The van der Waals surface area contributed by atoms with Gasteiger partial charge in [0.15, 0.2) is 5.96 Å². The van der Waals surface area contributed by atoms with Crippen LogP contribution in [-0.2, 0) is 14.3 Å². The molecule has 0 spiro atoms. The zero-order chi connectivity index (χ0) is 16.4. The first-order chi connectivity index (χ1) is 10.6. The van der Waals surface area contributed by atoms with Crippen molar-refractivity contribution in [2.75, 3.05) is 67.6 Å². The van der Waals surface area contributed by atoms with Gasteiger partial charge < -0.3 is 24.6 Å². The van der Waals surface area contributed by atoms with E-state index >= 15 is 0 Å². The van der Waals surface area contributed by atoms with Gasteiger partial charge >= 0.3 is 5.97 Å². The summed E-state index contributed by atoms with van der Waals surface area (Å²) < 4.78 is 9.88. The average molecular weight is 442 g/mol. The summed E-state index contributed by atoms with van der Waals surface area (Å²) in [5.41, 5.74) is 0. The van der Waals surface area contributed by atoms with Crippen LogP contribution >= 0.6 is 24.0 Å². The van der Waals surface area contributed by atoms with Crippen LogP contribution in [0.2, 0.25) is 0 Å². The number of rotatable bonds is 7. The van der Waals surface area contributed by atoms with Crippen LogP contribution in [0.1, 0.15) is 12.8 Å². The highest BCUT2D eigenvalue weighted by Crippen LogP contribution is 2.18. The number of ether oxygens (including phenoxy) is 2. The van der Waals surface area contributed by atoms with Crippen molar-refractivity contribution in [3.05, 3.63) is 0 Å². The second-order valence-electron chi connectivity index (χ2n) is 5.55. The number of likely N-dealkylation sites (tertiary alicyclic amines) is 1. The predicted molar refractivity (Wildman–Crippen MR) is 102 cm³/mol. The number of likely N-dealkylation sites (N-methyl/N-ethyl adjacent to an activating group) is 1. The van der Waals surface area contributed by atoms with E-state index in [4.69, 9.17) is 9.47 Å². The van der Waals surface area contributed by atoms with E-state index in [1.165, 1.54) is 7.11 Å². The first kappa shape index (κ1) is 22.4. The molecule has 0 unspecified atom stereocenters. The lowest BCUT2D eigenvalue weighted by molar-refractivity contribution is -0.146. The van der Waals surface area contributed by atoms with E-state index in [2.05, 4.69) is 27.2 Å². The molecule has 1 fully saturated rings. The lowest BCUT2D eigenvalue weighted by atomic mass is 9.97. The molecule has 1 saturated heterocycles. The quantitative estimate of drug-likeness (QED) is 0.270. The van der Waals surface area contributed by atoms with Crippen molar-refractivity contribution >= 4 is 35.9 Å². The van der Waals surface area contributed by atoms with Crippen molar-refractivity contribution in [2.24, 2.45) is 10.9 Å². The number of guanidine groups is 1. The number of hydrogen-bond acceptors (Lipinski definition) is 5. The van der Waals surface area contributed by atoms with Crippen LogP contribution in [-0.4, -0.2) is 89.4 Å². The lowest BCUT2D eigenvalue weighted by Gasteiger charge is -2.33. The molecule has 0 atom stereocenters. The SMILES string of the molecule is CN=C(NCCN(C)CCOC)N1CCC(C(=O)OC)CC1.I. The normalized spacial score (nSPS) is 16.2. The molecule has 1 heterocycles. The molecule has 8 heteroatoms. The minimum absolute atomic E-state index is 0. The summed E-state index contributed by atoms with van der Waals surface area (Å²) in [5, 5.41) is 3.38. The Morgan fingerprint density at radius 1 is 1.30 bits per heavy atom. The van der Waals surface area contributed by atoms with Gasteiger partial charge in [-0.2, -0.15) is 0 Å². The van der Waals surface area contributed by atoms with Crippen LogP contribution in [0.4, 0.5) is 0 Å². The number of nitrogens with zero attached hydrogens (tertiary/aromatic N) is 3. The predicted octanol–water partition coefficient (Wildman–Crippen LogP) is 0.643. The molecule has 1 aliphatic heterocycles. The average Bonchev–Trinajstić information content (AvgIpc) is 2.56. The molecule has 0 bridgehead atoms. The van der Waals surface area contributed by atoms with Gasteiger partial charge in [0.25, 0.3) is 0 Å². The fraction of sp³-hybridized carbons (Fsp3) is 0.867. The number of hydrogen-bond donors (Lipinski definition) is 1. The molecular weight excluding hydrogens is 411 g/mol. The van der Waals surface area contributed by atoms with Crippen molar-refractivity contribution in [2.45, 2.75) is 12.8 Å². The zero-order valence-corrected chi connectivity index (χ0v) is 17.0. The Labute approximate surface area is 156 Å². The Bertz CT molecular complexity index is 361. The van der Waals surface area contributed by atoms with Gasteiger partial charge in [0.1, 0.15) is 0 Å². The van der Waals surface area contributed by atoms with Crippen molar-refractivity contribution in [3.63, 3.8) is 0 Å². The third-order valence-electron chi connectivity index (χ3n) is 3.99. The largest absolute Gasteiger partial charge is 0.469 e. The highest BCUT2D eigenvalue weighted by Gasteiger charge is 2.26. The van der Waals surface area contributed by atoms with E-state index in [-0.39, 0.29) is 35.9 Å². The van der Waals surface area contributed by atoms with E-state index in [1.807, 2.05) is 0 Å². The van der Waals surface area contributed by atoms with Gasteiger partial charge in [0.2, 0.25) is 0 Å². The van der Waals surface area contributed by atoms with Gasteiger partial charge in [-0.25, -0.2) is 0 Å². The minimum atomic E-state index is -0.0950. The number of carbonyl (C=O) groups is 1. The van der Waals surface area contributed by atoms with Crippen LogP contribution in [0.15, 0.2) is 4.99 Å². The van der Waals surface area contributed by atoms with Gasteiger partial charge in [-0.15, -0.1) is 24.0 Å². The van der Waals surface area contributed by atoms with E-state index < -0.39 is 0 Å². The number of aliphatic imine (C=N–C) groups is 1. The Kier molecular flexibility index (Phi) is 12.4. The maximum Gasteiger partial charge on any atom is 0.308 e. The second-order valence-corrected chi connectivity index (χ2v) is 5.55. The van der Waals surface area contributed by atoms with Crippen molar-refractivity contribution in [1.82, 2.24) is 15.1 Å². The van der Waals surface area contributed by atoms with Crippen molar-refractivity contribution < 1.29 is 14.3 Å². The molecule has 0 radical (unpaired) electrons. The Balaban J connectivity index is 0.00000484. The summed E-state index contributed by atoms with van der Waals surface area (Å²) in [5.74, 6) is 0.838. The molecule has 136 valence electrons. The maximum atomic E-state index is 11.5. The van der Waals surface area contributed by atoms with Crippen LogP contribution in [0, 0.1) is 5.92 Å². The summed E-state index contributed by atoms with van der Waals surface area (Å²) in [7, 11) is 7.04. The fourth-order valence-corrected chi connectivity index (χ4v) is 2.54. The van der Waals surface area contributed by atoms with E-state index in [0.29, 0.717) is 0 Å². The number of nitrogens with one attached hydrogen (secondary N) is 1. The Morgan fingerprint density at radius 3 is 2.48 bits per heavy atom. The summed E-state index contributed by atoms with van der Waals surface area (Å²) >= 11 is 0. The summed E-state index contributed by atoms with van der Waals surface area (Å²) in [6.45, 7) is 5.09. The van der Waals surface area contributed by atoms with Crippen LogP contribution in [0.25, 0.3) is 0 Å². The van der Waals surface area contributed by atoms with Gasteiger partial charge in [-0.1, -0.05) is 0 Å². The van der Waals surface area contributed by atoms with Crippen LogP contribution in [0.5, 0.6) is 0 Å². The molecule has 0 aromatic rings. The smallest absolute Gasteiger partial charge is 0.308 e. The maximum absolute atomic E-state index is 11.5. The molecule has 23 heavy (non-hydrogen) atoms. The van der Waals surface area contributed by atoms with Crippen LogP contribution < -0.4 is 5.32 Å². The summed E-state index contributed by atoms with van der Waals surface area (Å²) in [6.07, 6.45) is 1.64. The highest BCUT2D eigenvalue weighted by molar-refractivity contribution is 14.0. The van der Waals surface area contributed by atoms with E-state index in [9.17, 15) is 4.79 Å². The first-order valence-corrected chi connectivity index (χ1v) is 7.83. The lowest BCUT2D eigenvalue weighted by Crippen LogP contribution is -2.48. The fourth-order valence-electron chi connectivity index (χ4n) is 2.54. The molecule has 1 rings (SSSR count). The van der Waals surface area contributed by atoms with Gasteiger partial charge in [0, 0.05) is 46.9 Å². The Morgan fingerprint density at radius 2 is 1.96 bits per heavy atom. The molecular formula is C15H31IN4O3. The number of halogens is 1. The first-order valence-electron chi connectivity index (χ1n) is 7.83. The number of carbonyl (C=O) groups excluding carboxylic acids is 1. The van der Waals surface area contributed by atoms with E-state index in [0.717, 1.165) is 58.1 Å². The monoisotopic (exact) mass is 442 g/mol. The topological polar surface area (TPSA) is 66.4 Å². The standard InChI is InChI=1S/C15H30N4O3.HI/c1-16-15(17-7-10-18(2)11-12-21-3)19-8-5-13(6-9-19)14(20)22-4;/h13H,5-12H2,1-4H3,(H,16,17);1H. The molecule has 1 aliphatic rings. The summed E-state index contributed by atoms with van der Waals surface area (Å²) in [6, 6.07) is 0. The van der Waals surface area contributed by atoms with Gasteiger partial charge in [-0.05, 0) is 19.9 Å². The highest BCUT2D eigenvalue weighted by atomic mass is 127. The summed E-state index contributed by atoms with van der Waals surface area (Å²) in [4.78, 5) is 20.3. The van der Waals surface area contributed by atoms with Gasteiger partial charge in [0.05, 0.1) is 19.6 Å². The Hall–Kier alpha value is -0.610. The van der Waals surface area contributed by atoms with E-state index in [1.54, 1.807) is 14.2 Å². The van der Waals surface area contributed by atoms with Crippen LogP contribution in [0.3, 0.4) is 0 Å². The molecule has 0 aliphatic carbocycles.